The minimum atomic E-state index is -0.453. The Kier molecular flexibility index (Phi) is 2.75. The number of aromatic nitrogens is 2. The maximum absolute atomic E-state index is 12.5. The molecule has 1 fully saturated rings. The number of nitrogens with one attached hydrogen (secondary N) is 1. The monoisotopic (exact) mass is 344 g/mol. The zero-order chi connectivity index (χ0) is 14.4. The molecule has 0 radical (unpaired) electrons. The van der Waals surface area contributed by atoms with Crippen LogP contribution in [0.1, 0.15) is 12.0 Å². The highest BCUT2D eigenvalue weighted by Gasteiger charge is 2.51. The molecular formula is C15H13BrN4O. The minimum absolute atomic E-state index is 0.0938. The first-order valence-corrected chi connectivity index (χ1v) is 7.62. The minimum Gasteiger partial charge on any atom is -0.354 e. The van der Waals surface area contributed by atoms with Crippen LogP contribution in [-0.2, 0) is 10.2 Å². The van der Waals surface area contributed by atoms with Gasteiger partial charge in [0.25, 0.3) is 0 Å². The first-order valence-electron chi connectivity index (χ1n) is 6.82. The molecule has 1 unspecified atom stereocenters. The molecule has 1 N–H and O–H groups in total. The summed E-state index contributed by atoms with van der Waals surface area (Å²) in [7, 11) is 0. The standard InChI is InChI=1S/C15H13BrN4O/c16-12-7-18-13(8-17-12)20-6-5-15(9-20)10-3-1-2-4-11(10)19-14(15)21/h1-4,7-8H,5-6,9H2,(H,19,21). The molecule has 1 spiro atoms. The lowest BCUT2D eigenvalue weighted by molar-refractivity contribution is -0.120. The molecule has 2 aliphatic heterocycles. The van der Waals surface area contributed by atoms with Crippen molar-refractivity contribution in [2.24, 2.45) is 0 Å². The first kappa shape index (κ1) is 12.8. The lowest BCUT2D eigenvalue weighted by Gasteiger charge is -2.22. The molecule has 21 heavy (non-hydrogen) atoms. The molecule has 1 aromatic carbocycles. The molecule has 0 bridgehead atoms. The second kappa shape index (κ2) is 4.53. The van der Waals surface area contributed by atoms with Crippen molar-refractivity contribution < 1.29 is 4.79 Å². The van der Waals surface area contributed by atoms with E-state index in [1.807, 2.05) is 24.3 Å². The summed E-state index contributed by atoms with van der Waals surface area (Å²) in [5, 5.41) is 3.00. The van der Waals surface area contributed by atoms with Crippen LogP contribution in [0.3, 0.4) is 0 Å². The lowest BCUT2D eigenvalue weighted by Crippen LogP contribution is -2.37. The molecule has 3 heterocycles. The number of amides is 1. The van der Waals surface area contributed by atoms with Crippen molar-refractivity contribution in [3.8, 4) is 0 Å². The number of nitrogens with zero attached hydrogens (tertiary/aromatic N) is 3. The molecule has 2 aromatic rings. The van der Waals surface area contributed by atoms with E-state index in [1.54, 1.807) is 12.4 Å². The van der Waals surface area contributed by atoms with Gasteiger partial charge in [-0.1, -0.05) is 18.2 Å². The number of hydrogen-bond acceptors (Lipinski definition) is 4. The van der Waals surface area contributed by atoms with E-state index >= 15 is 0 Å². The normalized spacial score (nSPS) is 23.5. The van der Waals surface area contributed by atoms with Crippen molar-refractivity contribution >= 4 is 33.3 Å². The first-order chi connectivity index (χ1) is 10.2. The zero-order valence-corrected chi connectivity index (χ0v) is 12.8. The molecule has 1 aromatic heterocycles. The SMILES string of the molecule is O=C1Nc2ccccc2C12CCN(c1cnc(Br)cn1)C2. The van der Waals surface area contributed by atoms with Gasteiger partial charge in [-0.15, -0.1) is 0 Å². The van der Waals surface area contributed by atoms with E-state index in [0.717, 1.165) is 30.0 Å². The number of carbonyl (C=O) groups is 1. The lowest BCUT2D eigenvalue weighted by atomic mass is 9.81. The molecule has 1 saturated heterocycles. The fourth-order valence-corrected chi connectivity index (χ4v) is 3.46. The van der Waals surface area contributed by atoms with E-state index in [0.29, 0.717) is 11.1 Å². The Morgan fingerprint density at radius 2 is 2.10 bits per heavy atom. The van der Waals surface area contributed by atoms with Crippen LogP contribution in [0.25, 0.3) is 0 Å². The van der Waals surface area contributed by atoms with Gasteiger partial charge in [0.15, 0.2) is 0 Å². The van der Waals surface area contributed by atoms with E-state index < -0.39 is 5.41 Å². The number of carbonyl (C=O) groups excluding carboxylic acids is 1. The number of anilines is 2. The van der Waals surface area contributed by atoms with Gasteiger partial charge < -0.3 is 10.2 Å². The third-order valence-corrected chi connectivity index (χ3v) is 4.73. The van der Waals surface area contributed by atoms with Gasteiger partial charge in [0.05, 0.1) is 17.8 Å². The van der Waals surface area contributed by atoms with Crippen LogP contribution >= 0.6 is 15.9 Å². The van der Waals surface area contributed by atoms with Crippen molar-refractivity contribution in [2.45, 2.75) is 11.8 Å². The largest absolute Gasteiger partial charge is 0.354 e. The van der Waals surface area contributed by atoms with Crippen molar-refractivity contribution in [3.63, 3.8) is 0 Å². The summed E-state index contributed by atoms with van der Waals surface area (Å²) in [5.74, 6) is 0.906. The number of rotatable bonds is 1. The highest BCUT2D eigenvalue weighted by molar-refractivity contribution is 9.10. The maximum Gasteiger partial charge on any atom is 0.236 e. The second-order valence-electron chi connectivity index (χ2n) is 5.45. The molecule has 0 aliphatic carbocycles. The Balaban J connectivity index is 1.69. The summed E-state index contributed by atoms with van der Waals surface area (Å²) in [6.45, 7) is 1.45. The van der Waals surface area contributed by atoms with E-state index in [9.17, 15) is 4.79 Å². The van der Waals surface area contributed by atoms with Crippen molar-refractivity contribution in [1.82, 2.24) is 9.97 Å². The molecule has 4 rings (SSSR count). The third-order valence-electron chi connectivity index (χ3n) is 4.33. The van der Waals surface area contributed by atoms with Crippen LogP contribution in [0.2, 0.25) is 0 Å². The zero-order valence-electron chi connectivity index (χ0n) is 11.2. The van der Waals surface area contributed by atoms with Gasteiger partial charge in [-0.2, -0.15) is 0 Å². The quantitative estimate of drug-likeness (QED) is 0.862. The van der Waals surface area contributed by atoms with Gasteiger partial charge in [-0.3, -0.25) is 4.79 Å². The highest BCUT2D eigenvalue weighted by atomic mass is 79.9. The highest BCUT2D eigenvalue weighted by Crippen LogP contribution is 2.44. The van der Waals surface area contributed by atoms with Gasteiger partial charge >= 0.3 is 0 Å². The number of para-hydroxylation sites is 1. The summed E-state index contributed by atoms with van der Waals surface area (Å²) in [5.41, 5.74) is 1.58. The van der Waals surface area contributed by atoms with Crippen LogP contribution < -0.4 is 10.2 Å². The summed E-state index contributed by atoms with van der Waals surface area (Å²) in [6.07, 6.45) is 4.22. The van der Waals surface area contributed by atoms with Crippen molar-refractivity contribution in [3.05, 3.63) is 46.8 Å². The smallest absolute Gasteiger partial charge is 0.236 e. The molecule has 2 aliphatic rings. The fraction of sp³-hybridized carbons (Fsp3) is 0.267. The Morgan fingerprint density at radius 3 is 2.90 bits per heavy atom. The Hall–Kier alpha value is -1.95. The van der Waals surface area contributed by atoms with Crippen LogP contribution in [0.15, 0.2) is 41.3 Å². The molecule has 5 nitrogen and oxygen atoms in total. The summed E-state index contributed by atoms with van der Waals surface area (Å²) < 4.78 is 0.712. The van der Waals surface area contributed by atoms with Gasteiger partial charge in [0.2, 0.25) is 5.91 Å². The predicted octanol–water partition coefficient (Wildman–Crippen LogP) is 2.34. The van der Waals surface area contributed by atoms with Crippen LogP contribution in [0, 0.1) is 0 Å². The van der Waals surface area contributed by atoms with Crippen LogP contribution in [0.5, 0.6) is 0 Å². The molecule has 106 valence electrons. The maximum atomic E-state index is 12.5. The Bertz CT molecular complexity index is 718. The van der Waals surface area contributed by atoms with Crippen molar-refractivity contribution in [1.29, 1.82) is 0 Å². The molecule has 1 atom stereocenters. The molecular weight excluding hydrogens is 332 g/mol. The Labute approximate surface area is 130 Å². The second-order valence-corrected chi connectivity index (χ2v) is 6.26. The fourth-order valence-electron chi connectivity index (χ4n) is 3.25. The van der Waals surface area contributed by atoms with Crippen LogP contribution in [0.4, 0.5) is 11.5 Å². The molecule has 1 amide bonds. The van der Waals surface area contributed by atoms with Crippen molar-refractivity contribution in [2.75, 3.05) is 23.3 Å². The number of hydrogen-bond donors (Lipinski definition) is 1. The number of fused-ring (bicyclic) bond motifs is 2. The van der Waals surface area contributed by atoms with E-state index in [2.05, 4.69) is 36.1 Å². The van der Waals surface area contributed by atoms with Gasteiger partial charge in [0.1, 0.15) is 10.4 Å². The van der Waals surface area contributed by atoms with Gasteiger partial charge in [0, 0.05) is 18.8 Å². The van der Waals surface area contributed by atoms with E-state index in [-0.39, 0.29) is 5.91 Å². The number of halogens is 1. The topological polar surface area (TPSA) is 58.1 Å². The number of benzene rings is 1. The van der Waals surface area contributed by atoms with E-state index in [1.165, 1.54) is 0 Å². The average molecular weight is 345 g/mol. The molecule has 6 heteroatoms. The van der Waals surface area contributed by atoms with Crippen LogP contribution in [-0.4, -0.2) is 29.0 Å². The predicted molar refractivity (Wildman–Crippen MR) is 83.3 cm³/mol. The summed E-state index contributed by atoms with van der Waals surface area (Å²) in [4.78, 5) is 23.2. The summed E-state index contributed by atoms with van der Waals surface area (Å²) in [6, 6.07) is 7.95. The average Bonchev–Trinajstić information content (AvgIpc) is 3.05. The Morgan fingerprint density at radius 1 is 1.24 bits per heavy atom. The third kappa shape index (κ3) is 1.86. The van der Waals surface area contributed by atoms with Gasteiger partial charge in [-0.25, -0.2) is 9.97 Å². The molecule has 0 saturated carbocycles. The van der Waals surface area contributed by atoms with Gasteiger partial charge in [-0.05, 0) is 34.0 Å². The van der Waals surface area contributed by atoms with E-state index in [4.69, 9.17) is 0 Å². The summed E-state index contributed by atoms with van der Waals surface area (Å²) >= 11 is 3.29.